The van der Waals surface area contributed by atoms with E-state index in [1.807, 2.05) is 50.2 Å². The first-order valence-electron chi connectivity index (χ1n) is 12.1. The zero-order valence-electron chi connectivity index (χ0n) is 20.8. The van der Waals surface area contributed by atoms with Gasteiger partial charge in [-0.2, -0.15) is 0 Å². The number of fused-ring (bicyclic) bond motifs is 1. The van der Waals surface area contributed by atoms with Crippen LogP contribution in [-0.2, 0) is 15.1 Å². The van der Waals surface area contributed by atoms with Gasteiger partial charge < -0.3 is 10.6 Å². The molecule has 10 nitrogen and oxygen atoms in total. The molecule has 6 amide bonds. The molecule has 0 aliphatic carbocycles. The Morgan fingerprint density at radius 1 is 0.947 bits per heavy atom. The van der Waals surface area contributed by atoms with E-state index in [0.29, 0.717) is 5.69 Å². The van der Waals surface area contributed by atoms with Gasteiger partial charge in [-0.05, 0) is 73.4 Å². The third kappa shape index (κ3) is 4.63. The van der Waals surface area contributed by atoms with Crippen LogP contribution >= 0.6 is 0 Å². The summed E-state index contributed by atoms with van der Waals surface area (Å²) in [5.74, 6) is -2.36. The summed E-state index contributed by atoms with van der Waals surface area (Å²) in [5, 5.41) is 7.84. The zero-order valence-corrected chi connectivity index (χ0v) is 20.8. The summed E-state index contributed by atoms with van der Waals surface area (Å²) in [6.07, 6.45) is 3.55. The fraction of sp³-hybridized carbons (Fsp3) is 0.214. The van der Waals surface area contributed by atoms with Gasteiger partial charge in [-0.1, -0.05) is 18.2 Å². The van der Waals surface area contributed by atoms with E-state index in [1.165, 1.54) is 18.2 Å². The van der Waals surface area contributed by atoms with Crippen LogP contribution in [0.4, 0.5) is 10.5 Å². The number of carbonyl (C=O) groups is 5. The molecule has 0 radical (unpaired) electrons. The molecule has 1 unspecified atom stereocenters. The van der Waals surface area contributed by atoms with Crippen LogP contribution in [0.3, 0.4) is 0 Å². The molecule has 0 bridgehead atoms. The maximum Gasteiger partial charge on any atom is 0.319 e. The van der Waals surface area contributed by atoms with Gasteiger partial charge in [0, 0.05) is 24.5 Å². The lowest BCUT2D eigenvalue weighted by molar-refractivity contribution is -0.136. The average molecular weight is 512 g/mol. The Hall–Kier alpha value is -4.86. The van der Waals surface area contributed by atoms with Gasteiger partial charge in [0.25, 0.3) is 11.8 Å². The Balaban J connectivity index is 1.30. The van der Waals surface area contributed by atoms with E-state index in [9.17, 15) is 24.0 Å². The fourth-order valence-corrected chi connectivity index (χ4v) is 4.70. The van der Waals surface area contributed by atoms with Gasteiger partial charge in [0.05, 0.1) is 16.7 Å². The van der Waals surface area contributed by atoms with Crippen molar-refractivity contribution in [3.05, 3.63) is 83.7 Å². The van der Waals surface area contributed by atoms with Crippen molar-refractivity contribution in [3.63, 3.8) is 0 Å². The van der Waals surface area contributed by atoms with Crippen molar-refractivity contribution in [3.8, 4) is 11.1 Å². The number of rotatable bonds is 5. The minimum Gasteiger partial charge on any atom is -0.329 e. The molecule has 3 N–H and O–H groups in total. The highest BCUT2D eigenvalue weighted by Gasteiger charge is 2.44. The Kier molecular flexibility index (Phi) is 6.23. The standard InChI is InChI=1S/C28H25N5O5/c1-28(2,18-5-3-4-17(14-18)16-10-12-29-13-11-16)32-27(38)30-19-6-7-20-21(15-19)26(37)33(25(20)36)22-8-9-23(34)31-24(22)35/h3-7,10-15,22H,8-9H2,1-2H3,(H2,30,32,38)(H,31,34,35). The molecule has 2 aliphatic rings. The van der Waals surface area contributed by atoms with Crippen LogP contribution < -0.4 is 16.0 Å². The van der Waals surface area contributed by atoms with E-state index in [4.69, 9.17) is 0 Å². The molecule has 3 aromatic rings. The number of nitrogens with zero attached hydrogens (tertiary/aromatic N) is 2. The minimum absolute atomic E-state index is 0.0397. The summed E-state index contributed by atoms with van der Waals surface area (Å²) in [4.78, 5) is 67.5. The Morgan fingerprint density at radius 2 is 1.68 bits per heavy atom. The first-order valence-corrected chi connectivity index (χ1v) is 12.1. The first-order chi connectivity index (χ1) is 18.1. The second-order valence-corrected chi connectivity index (χ2v) is 9.73. The van der Waals surface area contributed by atoms with Gasteiger partial charge in [0.15, 0.2) is 0 Å². The van der Waals surface area contributed by atoms with Crippen LogP contribution in [0.1, 0.15) is 53.0 Å². The number of urea groups is 1. The first kappa shape index (κ1) is 24.8. The number of carbonyl (C=O) groups excluding carboxylic acids is 5. The Bertz CT molecular complexity index is 1480. The van der Waals surface area contributed by atoms with Gasteiger partial charge >= 0.3 is 6.03 Å². The molecule has 0 saturated carbocycles. The molecule has 3 heterocycles. The fourth-order valence-electron chi connectivity index (χ4n) is 4.70. The second kappa shape index (κ2) is 9.55. The van der Waals surface area contributed by atoms with Crippen LogP contribution in [0.2, 0.25) is 0 Å². The number of imide groups is 2. The van der Waals surface area contributed by atoms with Crippen molar-refractivity contribution in [1.82, 2.24) is 20.5 Å². The van der Waals surface area contributed by atoms with Crippen molar-refractivity contribution in [2.45, 2.75) is 38.3 Å². The topological polar surface area (TPSA) is 138 Å². The monoisotopic (exact) mass is 511 g/mol. The number of amides is 6. The summed E-state index contributed by atoms with van der Waals surface area (Å²) in [7, 11) is 0. The molecular formula is C28H25N5O5. The smallest absolute Gasteiger partial charge is 0.319 e. The van der Waals surface area contributed by atoms with Crippen LogP contribution in [0.15, 0.2) is 67.0 Å². The van der Waals surface area contributed by atoms with Crippen LogP contribution in [-0.4, -0.2) is 45.6 Å². The van der Waals surface area contributed by atoms with E-state index in [0.717, 1.165) is 21.6 Å². The van der Waals surface area contributed by atoms with Gasteiger partial charge in [-0.25, -0.2) is 4.79 Å². The lowest BCUT2D eigenvalue weighted by atomic mass is 9.91. The summed E-state index contributed by atoms with van der Waals surface area (Å²) >= 11 is 0. The van der Waals surface area contributed by atoms with Crippen LogP contribution in [0.25, 0.3) is 11.1 Å². The molecule has 1 atom stereocenters. The number of hydrogen-bond donors (Lipinski definition) is 3. The molecule has 10 heteroatoms. The molecule has 38 heavy (non-hydrogen) atoms. The normalized spacial score (nSPS) is 17.2. The number of hydrogen-bond acceptors (Lipinski definition) is 6. The van der Waals surface area contributed by atoms with Crippen molar-refractivity contribution in [1.29, 1.82) is 0 Å². The van der Waals surface area contributed by atoms with E-state index in [-0.39, 0.29) is 24.0 Å². The van der Waals surface area contributed by atoms with Crippen molar-refractivity contribution >= 4 is 35.3 Å². The van der Waals surface area contributed by atoms with Crippen molar-refractivity contribution in [2.24, 2.45) is 0 Å². The number of anilines is 1. The van der Waals surface area contributed by atoms with E-state index in [1.54, 1.807) is 12.4 Å². The second-order valence-electron chi connectivity index (χ2n) is 9.73. The highest BCUT2D eigenvalue weighted by atomic mass is 16.2. The predicted molar refractivity (Wildman–Crippen MR) is 138 cm³/mol. The molecule has 1 saturated heterocycles. The Morgan fingerprint density at radius 3 is 2.42 bits per heavy atom. The van der Waals surface area contributed by atoms with Gasteiger partial charge in [0.1, 0.15) is 6.04 Å². The summed E-state index contributed by atoms with van der Waals surface area (Å²) in [5.41, 5.74) is 2.68. The van der Waals surface area contributed by atoms with Gasteiger partial charge in [0.2, 0.25) is 11.8 Å². The number of pyridine rings is 1. The number of piperidine rings is 1. The molecule has 0 spiro atoms. The molecule has 5 rings (SSSR count). The Labute approximate surface area is 218 Å². The van der Waals surface area contributed by atoms with Gasteiger partial charge in [-0.3, -0.25) is 34.4 Å². The molecule has 2 aliphatic heterocycles. The molecular weight excluding hydrogens is 486 g/mol. The minimum atomic E-state index is -1.05. The molecule has 1 aromatic heterocycles. The number of benzene rings is 2. The van der Waals surface area contributed by atoms with Crippen LogP contribution in [0.5, 0.6) is 0 Å². The largest absolute Gasteiger partial charge is 0.329 e. The number of nitrogens with one attached hydrogen (secondary N) is 3. The molecule has 1 fully saturated rings. The summed E-state index contributed by atoms with van der Waals surface area (Å²) < 4.78 is 0. The summed E-state index contributed by atoms with van der Waals surface area (Å²) in [6, 6.07) is 14.5. The predicted octanol–water partition coefficient (Wildman–Crippen LogP) is 3.21. The highest BCUT2D eigenvalue weighted by molar-refractivity contribution is 6.23. The quantitative estimate of drug-likeness (QED) is 0.450. The highest BCUT2D eigenvalue weighted by Crippen LogP contribution is 2.30. The lowest BCUT2D eigenvalue weighted by Gasteiger charge is -2.27. The van der Waals surface area contributed by atoms with Crippen LogP contribution in [0, 0.1) is 0 Å². The van der Waals surface area contributed by atoms with Crippen molar-refractivity contribution in [2.75, 3.05) is 5.32 Å². The van der Waals surface area contributed by atoms with Gasteiger partial charge in [-0.15, -0.1) is 0 Å². The zero-order chi connectivity index (χ0) is 27.0. The van der Waals surface area contributed by atoms with E-state index < -0.39 is 41.2 Å². The summed E-state index contributed by atoms with van der Waals surface area (Å²) in [6.45, 7) is 3.75. The lowest BCUT2D eigenvalue weighted by Crippen LogP contribution is -2.54. The number of aromatic nitrogens is 1. The molecule has 2 aromatic carbocycles. The maximum atomic E-state index is 13.0. The SMILES string of the molecule is CC(C)(NC(=O)Nc1ccc2c(c1)C(=O)N(C1CCC(=O)NC1=O)C2=O)c1cccc(-c2ccncc2)c1. The molecule has 192 valence electrons. The third-order valence-electron chi connectivity index (χ3n) is 6.72. The van der Waals surface area contributed by atoms with E-state index in [2.05, 4.69) is 20.9 Å². The van der Waals surface area contributed by atoms with E-state index >= 15 is 0 Å². The van der Waals surface area contributed by atoms with Crippen molar-refractivity contribution < 1.29 is 24.0 Å². The maximum absolute atomic E-state index is 13.0. The third-order valence-corrected chi connectivity index (χ3v) is 6.72. The average Bonchev–Trinajstić information content (AvgIpc) is 3.13.